The maximum atomic E-state index is 12.7. The summed E-state index contributed by atoms with van der Waals surface area (Å²) in [7, 11) is 0. The van der Waals surface area contributed by atoms with Gasteiger partial charge in [0.15, 0.2) is 10.9 Å². The average molecular weight is 457 g/mol. The van der Waals surface area contributed by atoms with E-state index in [0.717, 1.165) is 40.5 Å². The van der Waals surface area contributed by atoms with Crippen molar-refractivity contribution in [1.82, 2.24) is 14.7 Å². The van der Waals surface area contributed by atoms with Crippen LogP contribution in [-0.4, -0.2) is 52.1 Å². The molecule has 7 nitrogen and oxygen atoms in total. The van der Waals surface area contributed by atoms with E-state index in [2.05, 4.69) is 9.89 Å². The van der Waals surface area contributed by atoms with Crippen molar-refractivity contribution in [2.45, 2.75) is 0 Å². The molecule has 0 aliphatic carbocycles. The molecule has 1 saturated heterocycles. The van der Waals surface area contributed by atoms with E-state index in [1.165, 1.54) is 11.8 Å². The molecule has 2 aliphatic rings. The monoisotopic (exact) mass is 456 g/mol. The van der Waals surface area contributed by atoms with Crippen LogP contribution < -0.4 is 0 Å². The van der Waals surface area contributed by atoms with Crippen LogP contribution in [0.15, 0.2) is 81.2 Å². The summed E-state index contributed by atoms with van der Waals surface area (Å²) < 4.78 is 13.3. The number of para-hydroxylation sites is 2. The van der Waals surface area contributed by atoms with Crippen LogP contribution in [0.5, 0.6) is 0 Å². The zero-order valence-electron chi connectivity index (χ0n) is 17.7. The van der Waals surface area contributed by atoms with Crippen LogP contribution in [0, 0.1) is 0 Å². The number of amides is 1. The maximum absolute atomic E-state index is 12.7. The van der Waals surface area contributed by atoms with Crippen molar-refractivity contribution in [2.75, 3.05) is 26.3 Å². The minimum Gasteiger partial charge on any atom is -0.454 e. The van der Waals surface area contributed by atoms with E-state index in [-0.39, 0.29) is 5.91 Å². The van der Waals surface area contributed by atoms with E-state index in [0.29, 0.717) is 29.6 Å². The Bertz CT molecular complexity index is 1360. The topological polar surface area (TPSA) is 72.9 Å². The predicted octanol–water partition coefficient (Wildman–Crippen LogP) is 4.59. The van der Waals surface area contributed by atoms with Gasteiger partial charge in [-0.2, -0.15) is 10.1 Å². The van der Waals surface area contributed by atoms with Crippen molar-refractivity contribution in [3.8, 4) is 17.1 Å². The zero-order chi connectivity index (χ0) is 22.2. The Hall–Kier alpha value is -3.62. The molecule has 6 rings (SSSR count). The highest BCUT2D eigenvalue weighted by Gasteiger charge is 2.28. The average Bonchev–Trinajstić information content (AvgIpc) is 3.57. The van der Waals surface area contributed by atoms with Crippen molar-refractivity contribution in [3.05, 3.63) is 77.3 Å². The molecule has 2 aliphatic heterocycles. The van der Waals surface area contributed by atoms with Gasteiger partial charge >= 0.3 is 0 Å². The highest BCUT2D eigenvalue weighted by Crippen LogP contribution is 2.35. The Balaban J connectivity index is 1.40. The van der Waals surface area contributed by atoms with Gasteiger partial charge in [0.05, 0.1) is 23.8 Å². The van der Waals surface area contributed by atoms with E-state index >= 15 is 0 Å². The van der Waals surface area contributed by atoms with Gasteiger partial charge in [0, 0.05) is 30.2 Å². The van der Waals surface area contributed by atoms with Gasteiger partial charge < -0.3 is 14.1 Å². The molecule has 0 N–H and O–H groups in total. The fourth-order valence-electron chi connectivity index (χ4n) is 3.93. The summed E-state index contributed by atoms with van der Waals surface area (Å²) in [5.74, 6) is 0.423. The Morgan fingerprint density at radius 2 is 1.79 bits per heavy atom. The number of benzene rings is 2. The number of furan rings is 1. The molecule has 0 radical (unpaired) electrons. The molecule has 33 heavy (non-hydrogen) atoms. The molecule has 1 amide bonds. The van der Waals surface area contributed by atoms with Gasteiger partial charge in [0.1, 0.15) is 11.3 Å². The van der Waals surface area contributed by atoms with Crippen LogP contribution in [0.2, 0.25) is 0 Å². The SMILES string of the molecule is O=C1N=C(N2CCOCC2)S/C1=C\c1cn(-c2ccccc2)nc1-c1cc2ccccc2o1. The number of thioether (sulfide) groups is 1. The molecule has 0 unspecified atom stereocenters. The molecular weight excluding hydrogens is 436 g/mol. The first kappa shape index (κ1) is 20.0. The Kier molecular flexibility index (Phi) is 5.09. The highest BCUT2D eigenvalue weighted by atomic mass is 32.2. The molecule has 0 saturated carbocycles. The summed E-state index contributed by atoms with van der Waals surface area (Å²) in [6.07, 6.45) is 3.78. The third-order valence-electron chi connectivity index (χ3n) is 5.60. The first-order valence-corrected chi connectivity index (χ1v) is 11.6. The first-order valence-electron chi connectivity index (χ1n) is 10.7. The second-order valence-corrected chi connectivity index (χ2v) is 8.78. The van der Waals surface area contributed by atoms with Crippen molar-refractivity contribution < 1.29 is 13.9 Å². The van der Waals surface area contributed by atoms with Gasteiger partial charge in [-0.1, -0.05) is 36.4 Å². The number of ether oxygens (including phenoxy) is 1. The molecule has 2 aromatic carbocycles. The number of hydrogen-bond acceptors (Lipinski definition) is 6. The van der Waals surface area contributed by atoms with Crippen LogP contribution in [-0.2, 0) is 9.53 Å². The lowest BCUT2D eigenvalue weighted by molar-refractivity contribution is -0.113. The smallest absolute Gasteiger partial charge is 0.286 e. The zero-order valence-corrected chi connectivity index (χ0v) is 18.5. The fourth-order valence-corrected chi connectivity index (χ4v) is 4.88. The third-order valence-corrected chi connectivity index (χ3v) is 6.64. The Morgan fingerprint density at radius 1 is 1.00 bits per heavy atom. The normalized spacial score (nSPS) is 17.8. The molecule has 0 atom stereocenters. The van der Waals surface area contributed by atoms with Gasteiger partial charge in [-0.3, -0.25) is 4.79 Å². The van der Waals surface area contributed by atoms with E-state index in [4.69, 9.17) is 14.3 Å². The number of aliphatic imine (C=N–C) groups is 1. The Labute approximate surface area is 194 Å². The van der Waals surface area contributed by atoms with Gasteiger partial charge in [0.25, 0.3) is 5.91 Å². The quantitative estimate of drug-likeness (QED) is 0.420. The molecule has 4 aromatic rings. The van der Waals surface area contributed by atoms with E-state index < -0.39 is 0 Å². The molecule has 0 bridgehead atoms. The fraction of sp³-hybridized carbons (Fsp3) is 0.160. The van der Waals surface area contributed by atoms with Crippen LogP contribution in [0.4, 0.5) is 0 Å². The molecule has 1 fully saturated rings. The number of hydrogen-bond donors (Lipinski definition) is 0. The summed E-state index contributed by atoms with van der Waals surface area (Å²) in [4.78, 5) is 19.7. The summed E-state index contributed by atoms with van der Waals surface area (Å²) in [6, 6.07) is 19.7. The van der Waals surface area contributed by atoms with Gasteiger partial charge in [-0.25, -0.2) is 4.68 Å². The van der Waals surface area contributed by atoms with E-state index in [1.54, 1.807) is 0 Å². The number of carbonyl (C=O) groups is 1. The summed E-state index contributed by atoms with van der Waals surface area (Å²) >= 11 is 1.40. The second-order valence-electron chi connectivity index (χ2n) is 7.77. The van der Waals surface area contributed by atoms with E-state index in [9.17, 15) is 4.79 Å². The molecule has 164 valence electrons. The summed E-state index contributed by atoms with van der Waals surface area (Å²) in [5.41, 5.74) is 3.20. The lowest BCUT2D eigenvalue weighted by atomic mass is 10.2. The number of carbonyl (C=O) groups excluding carboxylic acids is 1. The number of aromatic nitrogens is 2. The predicted molar refractivity (Wildman–Crippen MR) is 129 cm³/mol. The van der Waals surface area contributed by atoms with Crippen LogP contribution in [0.1, 0.15) is 5.56 Å². The second kappa shape index (κ2) is 8.38. The van der Waals surface area contributed by atoms with Crippen molar-refractivity contribution in [1.29, 1.82) is 0 Å². The number of morpholine rings is 1. The standard InChI is InChI=1S/C25H20N4O3S/c30-24-22(33-25(26-24)28-10-12-31-13-11-28)15-18-16-29(19-7-2-1-3-8-19)27-23(18)21-14-17-6-4-5-9-20(17)32-21/h1-9,14-16H,10-13H2/b22-15-. The minimum atomic E-state index is -0.232. The van der Waals surface area contributed by atoms with Gasteiger partial charge in [0.2, 0.25) is 0 Å². The molecule has 8 heteroatoms. The van der Waals surface area contributed by atoms with Crippen molar-refractivity contribution in [3.63, 3.8) is 0 Å². The molecular formula is C25H20N4O3S. The number of nitrogens with zero attached hydrogens (tertiary/aromatic N) is 4. The minimum absolute atomic E-state index is 0.232. The lowest BCUT2D eigenvalue weighted by Gasteiger charge is -2.27. The summed E-state index contributed by atoms with van der Waals surface area (Å²) in [6.45, 7) is 2.77. The maximum Gasteiger partial charge on any atom is 0.286 e. The Morgan fingerprint density at radius 3 is 2.61 bits per heavy atom. The number of amidine groups is 1. The number of rotatable bonds is 3. The van der Waals surface area contributed by atoms with Crippen molar-refractivity contribution in [2.24, 2.45) is 4.99 Å². The van der Waals surface area contributed by atoms with Gasteiger partial charge in [-0.15, -0.1) is 0 Å². The molecule has 2 aromatic heterocycles. The molecule has 4 heterocycles. The summed E-state index contributed by atoms with van der Waals surface area (Å²) in [5, 5.41) is 6.55. The van der Waals surface area contributed by atoms with Crippen LogP contribution in [0.3, 0.4) is 0 Å². The highest BCUT2D eigenvalue weighted by molar-refractivity contribution is 8.18. The van der Waals surface area contributed by atoms with Crippen LogP contribution >= 0.6 is 11.8 Å². The largest absolute Gasteiger partial charge is 0.454 e. The van der Waals surface area contributed by atoms with Crippen molar-refractivity contribution >= 4 is 39.9 Å². The third kappa shape index (κ3) is 3.88. The lowest BCUT2D eigenvalue weighted by Crippen LogP contribution is -2.38. The number of fused-ring (bicyclic) bond motifs is 1. The van der Waals surface area contributed by atoms with E-state index in [1.807, 2.05) is 77.6 Å². The van der Waals surface area contributed by atoms with Crippen LogP contribution in [0.25, 0.3) is 34.2 Å². The molecule has 0 spiro atoms. The van der Waals surface area contributed by atoms with Gasteiger partial charge in [-0.05, 0) is 42.1 Å². The first-order chi connectivity index (χ1) is 16.2.